The molecule has 2 aromatic carbocycles. The normalized spacial score (nSPS) is 13.4. The highest BCUT2D eigenvalue weighted by molar-refractivity contribution is 7.92. The minimum absolute atomic E-state index is 0.0722. The number of benzene rings is 2. The Hall–Kier alpha value is -4.05. The Labute approximate surface area is 229 Å². The number of aliphatic carboxylic acids is 1. The summed E-state index contributed by atoms with van der Waals surface area (Å²) in [6.07, 6.45) is -5.08. The molecule has 1 saturated heterocycles. The number of amides is 2. The molecule has 0 bridgehead atoms. The van der Waals surface area contributed by atoms with E-state index in [4.69, 9.17) is 14.6 Å². The molecule has 0 atom stereocenters. The quantitative estimate of drug-likeness (QED) is 0.357. The van der Waals surface area contributed by atoms with Gasteiger partial charge in [0, 0.05) is 45.8 Å². The molecule has 12 nitrogen and oxygen atoms in total. The minimum Gasteiger partial charge on any atom is -0.497 e. The Morgan fingerprint density at radius 2 is 1.68 bits per heavy atom. The number of carboxylic acid groups (broad SMARTS) is 1. The van der Waals surface area contributed by atoms with Crippen molar-refractivity contribution >= 4 is 39.2 Å². The number of alkyl halides is 3. The molecular formula is C24H30F3N5O7S. The first-order valence-corrected chi connectivity index (χ1v) is 13.2. The van der Waals surface area contributed by atoms with Gasteiger partial charge in [-0.2, -0.15) is 13.2 Å². The van der Waals surface area contributed by atoms with Crippen molar-refractivity contribution in [1.82, 2.24) is 15.5 Å². The average molecular weight is 590 g/mol. The van der Waals surface area contributed by atoms with Crippen LogP contribution in [0.5, 0.6) is 5.75 Å². The topological polar surface area (TPSA) is 157 Å². The summed E-state index contributed by atoms with van der Waals surface area (Å²) in [5.74, 6) is -2.91. The molecule has 40 heavy (non-hydrogen) atoms. The van der Waals surface area contributed by atoms with E-state index in [9.17, 15) is 31.2 Å². The van der Waals surface area contributed by atoms with Crippen LogP contribution in [-0.2, 0) is 19.6 Å². The maximum atomic E-state index is 13.1. The standard InChI is InChI=1S/C22H29N5O5S.C2HF3O2/c1-23-21(28)15-26(2)22(29)16-4-9-20(27-12-10-24-11-13-27)19(14-16)25-33(30,31)18-7-5-17(32-3)6-8-18;3-2(4,5)1(6)7/h4-9,14,24-25H,10-13,15H2,1-3H3,(H,23,28);(H,6,7). The van der Waals surface area contributed by atoms with E-state index in [-0.39, 0.29) is 22.9 Å². The SMILES string of the molecule is CNC(=O)CN(C)C(=O)c1ccc(N2CCNCC2)c(NS(=O)(=O)c2ccc(OC)cc2)c1.O=C(O)C(F)(F)F. The number of carboxylic acids is 1. The second kappa shape index (κ2) is 13.8. The number of carbonyl (C=O) groups excluding carboxylic acids is 2. The van der Waals surface area contributed by atoms with Gasteiger partial charge in [0.15, 0.2) is 0 Å². The summed E-state index contributed by atoms with van der Waals surface area (Å²) in [6.45, 7) is 2.81. The molecule has 2 aromatic rings. The summed E-state index contributed by atoms with van der Waals surface area (Å²) < 4.78 is 65.7. The van der Waals surface area contributed by atoms with Gasteiger partial charge in [0.2, 0.25) is 5.91 Å². The van der Waals surface area contributed by atoms with E-state index in [0.29, 0.717) is 30.2 Å². The predicted octanol–water partition coefficient (Wildman–Crippen LogP) is 1.36. The third-order valence-electron chi connectivity index (χ3n) is 5.56. The summed E-state index contributed by atoms with van der Waals surface area (Å²) in [5.41, 5.74) is 1.25. The number of hydrogen-bond donors (Lipinski definition) is 4. The lowest BCUT2D eigenvalue weighted by atomic mass is 10.1. The van der Waals surface area contributed by atoms with E-state index < -0.39 is 28.1 Å². The lowest BCUT2D eigenvalue weighted by molar-refractivity contribution is -0.192. The van der Waals surface area contributed by atoms with Crippen molar-refractivity contribution in [2.45, 2.75) is 11.1 Å². The van der Waals surface area contributed by atoms with E-state index in [1.165, 1.54) is 44.3 Å². The van der Waals surface area contributed by atoms with Crippen molar-refractivity contribution in [1.29, 1.82) is 0 Å². The zero-order valence-corrected chi connectivity index (χ0v) is 22.7. The molecule has 220 valence electrons. The fourth-order valence-electron chi connectivity index (χ4n) is 3.48. The molecule has 4 N–H and O–H groups in total. The number of carbonyl (C=O) groups is 3. The Bertz CT molecular complexity index is 1300. The van der Waals surface area contributed by atoms with Crippen LogP contribution in [-0.4, -0.2) is 96.3 Å². The second-order valence-corrected chi connectivity index (χ2v) is 10.1. The monoisotopic (exact) mass is 589 g/mol. The molecule has 0 aliphatic carbocycles. The minimum atomic E-state index is -5.08. The number of sulfonamides is 1. The number of nitrogens with zero attached hydrogens (tertiary/aromatic N) is 2. The highest BCUT2D eigenvalue weighted by Gasteiger charge is 2.38. The number of hydrogen-bond acceptors (Lipinski definition) is 8. The second-order valence-electron chi connectivity index (χ2n) is 8.39. The molecule has 2 amide bonds. The fraction of sp³-hybridized carbons (Fsp3) is 0.375. The number of piperazine rings is 1. The van der Waals surface area contributed by atoms with Gasteiger partial charge < -0.3 is 30.3 Å². The average Bonchev–Trinajstić information content (AvgIpc) is 2.92. The molecule has 1 aliphatic heterocycles. The number of methoxy groups -OCH3 is 1. The highest BCUT2D eigenvalue weighted by Crippen LogP contribution is 2.30. The largest absolute Gasteiger partial charge is 0.497 e. The van der Waals surface area contributed by atoms with Crippen LogP contribution in [0.15, 0.2) is 47.4 Å². The first-order valence-electron chi connectivity index (χ1n) is 11.7. The maximum Gasteiger partial charge on any atom is 0.490 e. The number of halogens is 3. The van der Waals surface area contributed by atoms with Crippen molar-refractivity contribution in [3.8, 4) is 5.75 Å². The Kier molecular flexibility index (Phi) is 11.1. The highest BCUT2D eigenvalue weighted by atomic mass is 32.2. The van der Waals surface area contributed by atoms with Gasteiger partial charge in [-0.25, -0.2) is 13.2 Å². The van der Waals surface area contributed by atoms with E-state index in [1.54, 1.807) is 24.3 Å². The first-order chi connectivity index (χ1) is 18.7. The van der Waals surface area contributed by atoms with Crippen LogP contribution in [0.4, 0.5) is 24.5 Å². The summed E-state index contributed by atoms with van der Waals surface area (Å²) in [7, 11) is 0.595. The van der Waals surface area contributed by atoms with Crippen LogP contribution in [0.2, 0.25) is 0 Å². The number of nitrogens with one attached hydrogen (secondary N) is 3. The van der Waals surface area contributed by atoms with Gasteiger partial charge in [0.1, 0.15) is 5.75 Å². The van der Waals surface area contributed by atoms with Gasteiger partial charge in [-0.3, -0.25) is 14.3 Å². The fourth-order valence-corrected chi connectivity index (χ4v) is 4.54. The van der Waals surface area contributed by atoms with Crippen LogP contribution in [0.1, 0.15) is 10.4 Å². The van der Waals surface area contributed by atoms with Gasteiger partial charge in [-0.15, -0.1) is 0 Å². The number of anilines is 2. The summed E-state index contributed by atoms with van der Waals surface area (Å²) in [6, 6.07) is 10.9. The summed E-state index contributed by atoms with van der Waals surface area (Å²) >= 11 is 0. The molecule has 16 heteroatoms. The molecule has 1 heterocycles. The molecule has 1 fully saturated rings. The summed E-state index contributed by atoms with van der Waals surface area (Å²) in [4.78, 5) is 36.8. The molecular weight excluding hydrogens is 559 g/mol. The molecule has 0 spiro atoms. The number of rotatable bonds is 8. The van der Waals surface area contributed by atoms with Crippen molar-refractivity contribution < 1.29 is 45.8 Å². The van der Waals surface area contributed by atoms with Crippen molar-refractivity contribution in [3.63, 3.8) is 0 Å². The Morgan fingerprint density at radius 3 is 2.17 bits per heavy atom. The van der Waals surface area contributed by atoms with Crippen LogP contribution >= 0.6 is 0 Å². The Balaban J connectivity index is 0.000000708. The van der Waals surface area contributed by atoms with E-state index >= 15 is 0 Å². The zero-order valence-electron chi connectivity index (χ0n) is 21.9. The molecule has 0 aromatic heterocycles. The first kappa shape index (κ1) is 32.2. The van der Waals surface area contributed by atoms with E-state index in [1.807, 2.05) is 0 Å². The van der Waals surface area contributed by atoms with Gasteiger partial charge in [0.25, 0.3) is 15.9 Å². The number of ether oxygens (including phenoxy) is 1. The predicted molar refractivity (Wildman–Crippen MR) is 140 cm³/mol. The summed E-state index contributed by atoms with van der Waals surface area (Å²) in [5, 5.41) is 12.9. The van der Waals surface area contributed by atoms with Gasteiger partial charge in [-0.1, -0.05) is 0 Å². The number of likely N-dealkylation sites (N-methyl/N-ethyl adjacent to an activating group) is 2. The smallest absolute Gasteiger partial charge is 0.490 e. The third-order valence-corrected chi connectivity index (χ3v) is 6.95. The van der Waals surface area contributed by atoms with Crippen LogP contribution in [0, 0.1) is 0 Å². The van der Waals surface area contributed by atoms with Crippen LogP contribution in [0.25, 0.3) is 0 Å². The maximum absolute atomic E-state index is 13.1. The molecule has 0 unspecified atom stereocenters. The van der Waals surface area contributed by atoms with Crippen molar-refractivity contribution in [2.24, 2.45) is 0 Å². The van der Waals surface area contributed by atoms with Gasteiger partial charge in [0.05, 0.1) is 29.9 Å². The molecule has 0 radical (unpaired) electrons. The lowest BCUT2D eigenvalue weighted by Gasteiger charge is -2.31. The lowest BCUT2D eigenvalue weighted by Crippen LogP contribution is -2.44. The van der Waals surface area contributed by atoms with Crippen LogP contribution < -0.4 is 25.0 Å². The zero-order chi connectivity index (χ0) is 30.1. The van der Waals surface area contributed by atoms with Gasteiger partial charge >= 0.3 is 12.1 Å². The van der Waals surface area contributed by atoms with Gasteiger partial charge in [-0.05, 0) is 42.5 Å². The van der Waals surface area contributed by atoms with E-state index in [0.717, 1.165) is 13.1 Å². The van der Waals surface area contributed by atoms with Crippen LogP contribution in [0.3, 0.4) is 0 Å². The van der Waals surface area contributed by atoms with Crippen molar-refractivity contribution in [3.05, 3.63) is 48.0 Å². The molecule has 3 rings (SSSR count). The Morgan fingerprint density at radius 1 is 1.10 bits per heavy atom. The third kappa shape index (κ3) is 9.01. The molecule has 1 aliphatic rings. The van der Waals surface area contributed by atoms with E-state index in [2.05, 4.69) is 20.3 Å². The molecule has 0 saturated carbocycles. The van der Waals surface area contributed by atoms with Crippen molar-refractivity contribution in [2.75, 3.05) is 63.6 Å².